The van der Waals surface area contributed by atoms with E-state index in [-0.39, 0.29) is 11.9 Å². The van der Waals surface area contributed by atoms with Gasteiger partial charge in [-0.3, -0.25) is 4.90 Å². The first kappa shape index (κ1) is 11.1. The number of piperazine rings is 1. The maximum Gasteiger partial charge on any atom is 0.405 e. The Morgan fingerprint density at radius 2 is 2.15 bits per heavy atom. The molecule has 1 N–H and O–H groups in total. The smallest absolute Gasteiger partial charge is 0.304 e. The van der Waals surface area contributed by atoms with Crippen molar-refractivity contribution in [2.45, 2.75) is 24.5 Å². The van der Waals surface area contributed by atoms with E-state index >= 15 is 0 Å². The molecule has 0 amide bonds. The molecule has 0 spiro atoms. The first-order valence-electron chi connectivity index (χ1n) is 4.13. The molecule has 1 rings (SSSR count). The van der Waals surface area contributed by atoms with Crippen molar-refractivity contribution in [2.75, 3.05) is 19.6 Å². The normalized spacial score (nSPS) is 28.8. The fourth-order valence-corrected chi connectivity index (χ4v) is 1.54. The zero-order valence-electron chi connectivity index (χ0n) is 7.30. The van der Waals surface area contributed by atoms with Crippen molar-refractivity contribution in [1.29, 1.82) is 0 Å². The molecular formula is C7H13F3N2S. The molecule has 0 aromatic heterocycles. The molecule has 2 atom stereocenters. The summed E-state index contributed by atoms with van der Waals surface area (Å²) < 4.78 is 36.8. The predicted molar refractivity (Wildman–Crippen MR) is 47.9 cm³/mol. The van der Waals surface area contributed by atoms with Gasteiger partial charge < -0.3 is 5.32 Å². The number of halogens is 3. The number of alkyl halides is 3. The van der Waals surface area contributed by atoms with Crippen molar-refractivity contribution in [1.82, 2.24) is 10.2 Å². The summed E-state index contributed by atoms with van der Waals surface area (Å²) in [5.74, 6) is 0. The van der Waals surface area contributed by atoms with Crippen LogP contribution in [0.1, 0.15) is 6.92 Å². The standard InChI is InChI=1S/C7H13F3N2S/c1-5(13)12-3-2-11-6(4-12)7(8,9)10/h5-6,11,13H,2-4H2,1H3. The number of rotatable bonds is 1. The highest BCUT2D eigenvalue weighted by Crippen LogP contribution is 2.23. The van der Waals surface area contributed by atoms with Gasteiger partial charge in [-0.05, 0) is 6.92 Å². The number of hydrogen-bond acceptors (Lipinski definition) is 3. The Labute approximate surface area is 80.9 Å². The molecule has 0 aromatic rings. The van der Waals surface area contributed by atoms with Crippen LogP contribution < -0.4 is 5.32 Å². The van der Waals surface area contributed by atoms with Gasteiger partial charge in [0.2, 0.25) is 0 Å². The highest BCUT2D eigenvalue weighted by molar-refractivity contribution is 7.80. The van der Waals surface area contributed by atoms with Gasteiger partial charge in [-0.15, -0.1) is 0 Å². The maximum atomic E-state index is 12.3. The molecule has 0 radical (unpaired) electrons. The first-order chi connectivity index (χ1) is 5.91. The number of hydrogen-bond donors (Lipinski definition) is 2. The Hall–Kier alpha value is 0.0600. The van der Waals surface area contributed by atoms with Gasteiger partial charge in [0.05, 0.1) is 0 Å². The van der Waals surface area contributed by atoms with E-state index in [1.54, 1.807) is 11.8 Å². The van der Waals surface area contributed by atoms with Crippen molar-refractivity contribution < 1.29 is 13.2 Å². The third-order valence-electron chi connectivity index (χ3n) is 2.13. The molecule has 2 unspecified atom stereocenters. The average Bonchev–Trinajstić information content (AvgIpc) is 2.03. The second kappa shape index (κ2) is 4.06. The van der Waals surface area contributed by atoms with E-state index in [0.29, 0.717) is 13.1 Å². The largest absolute Gasteiger partial charge is 0.405 e. The minimum Gasteiger partial charge on any atom is -0.304 e. The summed E-state index contributed by atoms with van der Waals surface area (Å²) in [6.07, 6.45) is -4.15. The lowest BCUT2D eigenvalue weighted by Gasteiger charge is -2.36. The molecule has 0 bridgehead atoms. The van der Waals surface area contributed by atoms with Gasteiger partial charge in [0.25, 0.3) is 0 Å². The van der Waals surface area contributed by atoms with Crippen LogP contribution in [0.2, 0.25) is 0 Å². The van der Waals surface area contributed by atoms with E-state index in [1.165, 1.54) is 0 Å². The third-order valence-corrected chi connectivity index (χ3v) is 2.46. The van der Waals surface area contributed by atoms with Crippen molar-refractivity contribution >= 4 is 12.6 Å². The molecule has 0 saturated carbocycles. The van der Waals surface area contributed by atoms with Gasteiger partial charge in [0.1, 0.15) is 6.04 Å². The molecule has 1 aliphatic heterocycles. The summed E-state index contributed by atoms with van der Waals surface area (Å²) in [6.45, 7) is 2.77. The number of nitrogens with one attached hydrogen (secondary N) is 1. The summed E-state index contributed by atoms with van der Waals surface area (Å²) in [4.78, 5) is 1.71. The van der Waals surface area contributed by atoms with Gasteiger partial charge in [-0.25, -0.2) is 0 Å². The van der Waals surface area contributed by atoms with Crippen molar-refractivity contribution in [2.24, 2.45) is 0 Å². The molecule has 2 nitrogen and oxygen atoms in total. The van der Waals surface area contributed by atoms with Crippen LogP contribution in [0, 0.1) is 0 Å². The zero-order valence-corrected chi connectivity index (χ0v) is 8.20. The lowest BCUT2D eigenvalue weighted by molar-refractivity contribution is -0.164. The molecule has 1 aliphatic rings. The zero-order chi connectivity index (χ0) is 10.1. The molecule has 6 heteroatoms. The minimum absolute atomic E-state index is 0.00579. The summed E-state index contributed by atoms with van der Waals surface area (Å²) in [5, 5.41) is 2.32. The Morgan fingerprint density at radius 3 is 2.62 bits per heavy atom. The Balaban J connectivity index is 2.52. The quantitative estimate of drug-likeness (QED) is 0.635. The maximum absolute atomic E-state index is 12.3. The molecule has 1 saturated heterocycles. The fourth-order valence-electron chi connectivity index (χ4n) is 1.33. The van der Waals surface area contributed by atoms with Gasteiger partial charge in [0, 0.05) is 25.0 Å². The number of thiol groups is 1. The topological polar surface area (TPSA) is 15.3 Å². The summed E-state index contributed by atoms with van der Waals surface area (Å²) >= 11 is 4.11. The predicted octanol–water partition coefficient (Wildman–Crippen LogP) is 1.10. The van der Waals surface area contributed by atoms with E-state index in [1.807, 2.05) is 0 Å². The van der Waals surface area contributed by atoms with Crippen LogP contribution >= 0.6 is 12.6 Å². The van der Waals surface area contributed by atoms with Crippen LogP contribution in [-0.2, 0) is 0 Å². The third kappa shape index (κ3) is 3.03. The molecular weight excluding hydrogens is 201 g/mol. The Morgan fingerprint density at radius 1 is 1.54 bits per heavy atom. The van der Waals surface area contributed by atoms with Gasteiger partial charge in [-0.1, -0.05) is 0 Å². The summed E-state index contributed by atoms with van der Waals surface area (Å²) in [5.41, 5.74) is 0. The van der Waals surface area contributed by atoms with Crippen molar-refractivity contribution in [3.8, 4) is 0 Å². The van der Waals surface area contributed by atoms with Crippen LogP contribution in [0.3, 0.4) is 0 Å². The SMILES string of the molecule is CC(S)N1CCNC(C(F)(F)F)C1. The lowest BCUT2D eigenvalue weighted by atomic mass is 10.2. The summed E-state index contributed by atoms with van der Waals surface area (Å²) in [7, 11) is 0. The van der Waals surface area contributed by atoms with Crippen molar-refractivity contribution in [3.05, 3.63) is 0 Å². The second-order valence-corrected chi connectivity index (χ2v) is 3.92. The van der Waals surface area contributed by atoms with Gasteiger partial charge in [0.15, 0.2) is 0 Å². The van der Waals surface area contributed by atoms with E-state index in [4.69, 9.17) is 0 Å². The van der Waals surface area contributed by atoms with Gasteiger partial charge in [-0.2, -0.15) is 25.8 Å². The monoisotopic (exact) mass is 214 g/mol. The Bertz CT molecular complexity index is 172. The molecule has 1 heterocycles. The molecule has 13 heavy (non-hydrogen) atoms. The van der Waals surface area contributed by atoms with Crippen LogP contribution in [0.15, 0.2) is 0 Å². The molecule has 78 valence electrons. The first-order valence-corrected chi connectivity index (χ1v) is 4.65. The van der Waals surface area contributed by atoms with Crippen molar-refractivity contribution in [3.63, 3.8) is 0 Å². The molecule has 0 aromatic carbocycles. The number of nitrogens with zero attached hydrogens (tertiary/aromatic N) is 1. The van der Waals surface area contributed by atoms with E-state index < -0.39 is 12.2 Å². The average molecular weight is 214 g/mol. The molecule has 1 fully saturated rings. The highest BCUT2D eigenvalue weighted by Gasteiger charge is 2.42. The van der Waals surface area contributed by atoms with Crippen LogP contribution in [0.5, 0.6) is 0 Å². The van der Waals surface area contributed by atoms with E-state index in [9.17, 15) is 13.2 Å². The van der Waals surface area contributed by atoms with Gasteiger partial charge >= 0.3 is 6.18 Å². The fraction of sp³-hybridized carbons (Fsp3) is 1.00. The lowest BCUT2D eigenvalue weighted by Crippen LogP contribution is -2.58. The van der Waals surface area contributed by atoms with Crippen LogP contribution in [0.4, 0.5) is 13.2 Å². The summed E-state index contributed by atoms with van der Waals surface area (Å²) in [6, 6.07) is -1.41. The molecule has 0 aliphatic carbocycles. The van der Waals surface area contributed by atoms with E-state index in [2.05, 4.69) is 17.9 Å². The minimum atomic E-state index is -4.15. The second-order valence-electron chi connectivity index (χ2n) is 3.18. The van der Waals surface area contributed by atoms with Crippen LogP contribution in [-0.4, -0.2) is 42.1 Å². The van der Waals surface area contributed by atoms with E-state index in [0.717, 1.165) is 0 Å². The highest BCUT2D eigenvalue weighted by atomic mass is 32.1. The Kier molecular flexibility index (Phi) is 3.48. The van der Waals surface area contributed by atoms with Crippen LogP contribution in [0.25, 0.3) is 0 Å².